The van der Waals surface area contributed by atoms with E-state index in [2.05, 4.69) is 10.2 Å². The van der Waals surface area contributed by atoms with Gasteiger partial charge >= 0.3 is 12.1 Å². The number of benzene rings is 1. The van der Waals surface area contributed by atoms with E-state index in [1.54, 1.807) is 11.0 Å². The van der Waals surface area contributed by atoms with Gasteiger partial charge in [0.1, 0.15) is 5.82 Å². The van der Waals surface area contributed by atoms with Crippen molar-refractivity contribution in [3.8, 4) is 0 Å². The summed E-state index contributed by atoms with van der Waals surface area (Å²) in [6.45, 7) is 0.714. The lowest BCUT2D eigenvalue weighted by atomic mass is 10.1. The van der Waals surface area contributed by atoms with E-state index in [0.717, 1.165) is 4.57 Å². The fraction of sp³-hybridized carbons (Fsp3) is 0.357. The largest absolute Gasteiger partial charge is 0.478 e. The minimum atomic E-state index is -4.55. The number of fused-ring (bicyclic) bond motifs is 1. The predicted octanol–water partition coefficient (Wildman–Crippen LogP) is 2.66. The molecule has 128 valence electrons. The van der Waals surface area contributed by atoms with Crippen molar-refractivity contribution in [1.29, 1.82) is 0 Å². The summed E-state index contributed by atoms with van der Waals surface area (Å²) in [7, 11) is 0. The second-order valence-corrected chi connectivity index (χ2v) is 5.78. The van der Waals surface area contributed by atoms with Crippen molar-refractivity contribution in [1.82, 2.24) is 19.7 Å². The Morgan fingerprint density at radius 2 is 2.04 bits per heavy atom. The Morgan fingerprint density at radius 3 is 2.71 bits per heavy atom. The molecule has 24 heavy (non-hydrogen) atoms. The zero-order valence-electron chi connectivity index (χ0n) is 12.2. The van der Waals surface area contributed by atoms with Gasteiger partial charge in [0.25, 0.3) is 0 Å². The van der Waals surface area contributed by atoms with Crippen LogP contribution in [0.5, 0.6) is 0 Å². The Kier molecular flexibility index (Phi) is 4.22. The van der Waals surface area contributed by atoms with Crippen molar-refractivity contribution in [3.05, 3.63) is 46.0 Å². The van der Waals surface area contributed by atoms with Crippen LogP contribution in [-0.2, 0) is 25.8 Å². The van der Waals surface area contributed by atoms with Gasteiger partial charge in [-0.25, -0.2) is 4.79 Å². The number of carboxylic acid groups (broad SMARTS) is 1. The Bertz CT molecular complexity index is 791. The average Bonchev–Trinajstić information content (AvgIpc) is 2.92. The number of nitrogens with zero attached hydrogens (tertiary/aromatic N) is 4. The summed E-state index contributed by atoms with van der Waals surface area (Å²) < 4.78 is 39.5. The molecule has 0 saturated heterocycles. The summed E-state index contributed by atoms with van der Waals surface area (Å²) in [5.41, 5.74) is 0.501. The maximum Gasteiger partial charge on any atom is 0.451 e. The molecule has 1 aromatic carbocycles. The summed E-state index contributed by atoms with van der Waals surface area (Å²) in [6.07, 6.45) is -4.55. The van der Waals surface area contributed by atoms with E-state index in [-0.39, 0.29) is 31.0 Å². The van der Waals surface area contributed by atoms with E-state index < -0.39 is 18.0 Å². The maximum atomic E-state index is 12.8. The number of carboxylic acids is 1. The Balaban J connectivity index is 1.83. The minimum Gasteiger partial charge on any atom is -0.478 e. The highest BCUT2D eigenvalue weighted by Crippen LogP contribution is 2.30. The van der Waals surface area contributed by atoms with Crippen molar-refractivity contribution in [3.63, 3.8) is 0 Å². The highest BCUT2D eigenvalue weighted by atomic mass is 35.5. The van der Waals surface area contributed by atoms with Gasteiger partial charge in [-0.3, -0.25) is 4.90 Å². The van der Waals surface area contributed by atoms with Crippen LogP contribution in [0.25, 0.3) is 0 Å². The van der Waals surface area contributed by atoms with Crippen LogP contribution in [0.15, 0.2) is 18.2 Å². The van der Waals surface area contributed by atoms with Crippen LogP contribution in [0, 0.1) is 0 Å². The molecule has 0 radical (unpaired) electrons. The van der Waals surface area contributed by atoms with Crippen LogP contribution < -0.4 is 0 Å². The van der Waals surface area contributed by atoms with Gasteiger partial charge in [-0.2, -0.15) is 13.2 Å². The zero-order chi connectivity index (χ0) is 17.5. The van der Waals surface area contributed by atoms with Gasteiger partial charge in [-0.05, 0) is 17.7 Å². The molecule has 10 heteroatoms. The number of hydrogen-bond acceptors (Lipinski definition) is 4. The molecule has 0 amide bonds. The summed E-state index contributed by atoms with van der Waals surface area (Å²) in [6, 6.07) is 4.56. The molecule has 0 atom stereocenters. The number of rotatable bonds is 3. The van der Waals surface area contributed by atoms with E-state index in [1.807, 2.05) is 0 Å². The zero-order valence-corrected chi connectivity index (χ0v) is 13.0. The molecule has 2 heterocycles. The molecule has 1 aliphatic heterocycles. The van der Waals surface area contributed by atoms with E-state index in [9.17, 15) is 23.1 Å². The standard InChI is InChI=1S/C14H12ClF3N4O2/c15-10-3-1-2-8(12(23)24)9(10)6-21-4-5-22-11(7-21)19-20-13(22)14(16,17)18/h1-3H,4-7H2,(H,23,24). The van der Waals surface area contributed by atoms with Crippen molar-refractivity contribution in [2.45, 2.75) is 25.8 Å². The van der Waals surface area contributed by atoms with Gasteiger partial charge in [0.15, 0.2) is 0 Å². The SMILES string of the molecule is O=C(O)c1cccc(Cl)c1CN1CCn2c(nnc2C(F)(F)F)C1. The number of aromatic nitrogens is 3. The first kappa shape index (κ1) is 16.7. The van der Waals surface area contributed by atoms with Crippen molar-refractivity contribution >= 4 is 17.6 Å². The third kappa shape index (κ3) is 3.09. The molecule has 6 nitrogen and oxygen atoms in total. The Hall–Kier alpha value is -2.13. The van der Waals surface area contributed by atoms with Gasteiger partial charge in [-0.15, -0.1) is 10.2 Å². The number of carbonyl (C=O) groups is 1. The first-order chi connectivity index (χ1) is 11.3. The van der Waals surface area contributed by atoms with Crippen LogP contribution in [-0.4, -0.2) is 37.3 Å². The summed E-state index contributed by atoms with van der Waals surface area (Å²) in [5.74, 6) is -1.93. The maximum absolute atomic E-state index is 12.8. The Morgan fingerprint density at radius 1 is 1.29 bits per heavy atom. The molecule has 0 spiro atoms. The number of hydrogen-bond donors (Lipinski definition) is 1. The fourth-order valence-corrected chi connectivity index (χ4v) is 2.93. The number of aromatic carboxylic acids is 1. The highest BCUT2D eigenvalue weighted by Gasteiger charge is 2.39. The molecule has 3 rings (SSSR count). The summed E-state index contributed by atoms with van der Waals surface area (Å²) >= 11 is 6.08. The molecule has 0 aliphatic carbocycles. The fourth-order valence-electron chi connectivity index (χ4n) is 2.70. The number of halogens is 4. The molecule has 1 N–H and O–H groups in total. The molecule has 1 aliphatic rings. The van der Waals surface area contributed by atoms with Crippen LogP contribution in [0.4, 0.5) is 13.2 Å². The van der Waals surface area contributed by atoms with Crippen molar-refractivity contribution in [2.75, 3.05) is 6.54 Å². The molecule has 1 aromatic heterocycles. The minimum absolute atomic E-state index is 0.0734. The molecule has 0 unspecified atom stereocenters. The van der Waals surface area contributed by atoms with Crippen molar-refractivity contribution < 1.29 is 23.1 Å². The van der Waals surface area contributed by atoms with E-state index in [4.69, 9.17) is 11.6 Å². The molecule has 2 aromatic rings. The second-order valence-electron chi connectivity index (χ2n) is 5.37. The first-order valence-corrected chi connectivity index (χ1v) is 7.37. The van der Waals surface area contributed by atoms with Gasteiger partial charge in [0.05, 0.1) is 12.1 Å². The third-order valence-electron chi connectivity index (χ3n) is 3.82. The Labute approximate surface area is 139 Å². The number of alkyl halides is 3. The average molecular weight is 361 g/mol. The van der Waals surface area contributed by atoms with Crippen LogP contribution in [0.1, 0.15) is 27.6 Å². The first-order valence-electron chi connectivity index (χ1n) is 6.99. The molecule has 0 saturated carbocycles. The molecular weight excluding hydrogens is 349 g/mol. The van der Waals surface area contributed by atoms with Crippen LogP contribution in [0.3, 0.4) is 0 Å². The van der Waals surface area contributed by atoms with Crippen LogP contribution >= 0.6 is 11.6 Å². The quantitative estimate of drug-likeness (QED) is 0.911. The lowest BCUT2D eigenvalue weighted by Crippen LogP contribution is -2.35. The highest BCUT2D eigenvalue weighted by molar-refractivity contribution is 6.31. The van der Waals surface area contributed by atoms with E-state index >= 15 is 0 Å². The lowest BCUT2D eigenvalue weighted by Gasteiger charge is -2.28. The van der Waals surface area contributed by atoms with E-state index in [1.165, 1.54) is 12.1 Å². The molecular formula is C14H12ClF3N4O2. The predicted molar refractivity (Wildman–Crippen MR) is 77.5 cm³/mol. The van der Waals surface area contributed by atoms with Gasteiger partial charge in [0, 0.05) is 24.7 Å². The topological polar surface area (TPSA) is 71.2 Å². The third-order valence-corrected chi connectivity index (χ3v) is 4.17. The molecule has 0 bridgehead atoms. The smallest absolute Gasteiger partial charge is 0.451 e. The summed E-state index contributed by atoms with van der Waals surface area (Å²) in [4.78, 5) is 13.1. The van der Waals surface area contributed by atoms with Gasteiger partial charge in [-0.1, -0.05) is 17.7 Å². The normalized spacial score (nSPS) is 15.3. The van der Waals surface area contributed by atoms with E-state index in [0.29, 0.717) is 17.1 Å². The lowest BCUT2D eigenvalue weighted by molar-refractivity contribution is -0.148. The van der Waals surface area contributed by atoms with Gasteiger partial charge < -0.3 is 9.67 Å². The van der Waals surface area contributed by atoms with Gasteiger partial charge in [0.2, 0.25) is 5.82 Å². The molecule has 0 fully saturated rings. The summed E-state index contributed by atoms with van der Waals surface area (Å²) in [5, 5.41) is 16.4. The second kappa shape index (κ2) is 6.06. The monoisotopic (exact) mass is 360 g/mol. The van der Waals surface area contributed by atoms with Crippen molar-refractivity contribution in [2.24, 2.45) is 0 Å². The van der Waals surface area contributed by atoms with Crippen LogP contribution in [0.2, 0.25) is 5.02 Å².